The van der Waals surface area contributed by atoms with Gasteiger partial charge in [-0.15, -0.1) is 0 Å². The van der Waals surface area contributed by atoms with E-state index in [0.717, 1.165) is 12.8 Å². The Labute approximate surface area is 93.5 Å². The summed E-state index contributed by atoms with van der Waals surface area (Å²) in [6.07, 6.45) is 2.28. The average molecular weight is 219 g/mol. The van der Waals surface area contributed by atoms with Gasteiger partial charge in [0.1, 0.15) is 5.75 Å². The summed E-state index contributed by atoms with van der Waals surface area (Å²) in [6.45, 7) is 0. The molecule has 0 spiro atoms. The zero-order valence-corrected chi connectivity index (χ0v) is 8.85. The minimum Gasteiger partial charge on any atom is -0.508 e. The fraction of sp³-hybridized carbons (Fsp3) is 0.333. The first-order valence-corrected chi connectivity index (χ1v) is 5.33. The predicted octanol–water partition coefficient (Wildman–Crippen LogP) is 1.83. The highest BCUT2D eigenvalue weighted by Crippen LogP contribution is 2.24. The Hall–Kier alpha value is -1.84. The summed E-state index contributed by atoms with van der Waals surface area (Å²) in [5.41, 5.74) is 0.455. The number of rotatable bonds is 1. The number of aromatic hydroxyl groups is 1. The van der Waals surface area contributed by atoms with Crippen LogP contribution < -0.4 is 4.90 Å². The van der Waals surface area contributed by atoms with Crippen molar-refractivity contribution in [3.8, 4) is 5.75 Å². The summed E-state index contributed by atoms with van der Waals surface area (Å²) in [5.74, 6) is -0.316. The second-order valence-corrected chi connectivity index (χ2v) is 3.85. The third-order valence-electron chi connectivity index (χ3n) is 2.62. The lowest BCUT2D eigenvalue weighted by Gasteiger charge is -2.18. The number of carbonyl (C=O) groups excluding carboxylic acids is 2. The molecule has 0 saturated carbocycles. The van der Waals surface area contributed by atoms with Gasteiger partial charge < -0.3 is 5.11 Å². The summed E-state index contributed by atoms with van der Waals surface area (Å²) in [6, 6.07) is 6.22. The van der Waals surface area contributed by atoms with Crippen LogP contribution in [0.2, 0.25) is 0 Å². The molecule has 0 unspecified atom stereocenters. The molecular formula is C12H13NO3. The molecule has 2 amide bonds. The molecule has 0 bridgehead atoms. The van der Waals surface area contributed by atoms with Gasteiger partial charge >= 0.3 is 0 Å². The number of nitrogens with zero attached hydrogens (tertiary/aromatic N) is 1. The number of benzene rings is 1. The fourth-order valence-corrected chi connectivity index (χ4v) is 1.84. The van der Waals surface area contributed by atoms with Gasteiger partial charge in [0, 0.05) is 18.9 Å². The van der Waals surface area contributed by atoms with Crippen LogP contribution in [0.3, 0.4) is 0 Å². The molecule has 84 valence electrons. The van der Waals surface area contributed by atoms with Crippen LogP contribution in [0.15, 0.2) is 24.3 Å². The molecule has 1 saturated heterocycles. The molecule has 0 atom stereocenters. The molecule has 4 heteroatoms. The van der Waals surface area contributed by atoms with E-state index in [2.05, 4.69) is 0 Å². The van der Waals surface area contributed by atoms with Gasteiger partial charge in [-0.3, -0.25) is 14.5 Å². The van der Waals surface area contributed by atoms with Crippen molar-refractivity contribution >= 4 is 17.5 Å². The number of imide groups is 1. The molecule has 1 aliphatic rings. The third kappa shape index (κ3) is 2.05. The lowest BCUT2D eigenvalue weighted by atomic mass is 10.2. The van der Waals surface area contributed by atoms with Crippen LogP contribution in [0.25, 0.3) is 0 Å². The lowest BCUT2D eigenvalue weighted by molar-refractivity contribution is -0.125. The van der Waals surface area contributed by atoms with Crippen LogP contribution in [0, 0.1) is 0 Å². The second-order valence-electron chi connectivity index (χ2n) is 3.85. The Balaban J connectivity index is 2.36. The molecule has 0 aliphatic carbocycles. The Kier molecular flexibility index (Phi) is 2.90. The van der Waals surface area contributed by atoms with Gasteiger partial charge in [0.05, 0.1) is 5.69 Å². The smallest absolute Gasteiger partial charge is 0.233 e. The molecule has 1 aliphatic heterocycles. The molecule has 1 aromatic rings. The number of hydrogen-bond donors (Lipinski definition) is 1. The molecule has 0 aromatic heterocycles. The van der Waals surface area contributed by atoms with E-state index >= 15 is 0 Å². The minimum atomic E-state index is -0.187. The maximum atomic E-state index is 11.8. The van der Waals surface area contributed by atoms with Crippen LogP contribution in [-0.2, 0) is 9.59 Å². The first-order chi connectivity index (χ1) is 7.68. The molecule has 1 aromatic carbocycles. The van der Waals surface area contributed by atoms with Crippen LogP contribution >= 0.6 is 0 Å². The number of amides is 2. The van der Waals surface area contributed by atoms with E-state index < -0.39 is 0 Å². The minimum absolute atomic E-state index is 0.0577. The molecule has 1 heterocycles. The van der Waals surface area contributed by atoms with Crippen molar-refractivity contribution in [2.45, 2.75) is 25.7 Å². The number of phenols is 1. The van der Waals surface area contributed by atoms with Gasteiger partial charge in [-0.1, -0.05) is 6.07 Å². The highest BCUT2D eigenvalue weighted by Gasteiger charge is 2.25. The summed E-state index contributed by atoms with van der Waals surface area (Å²) in [4.78, 5) is 24.7. The molecule has 0 radical (unpaired) electrons. The Morgan fingerprint density at radius 2 is 1.69 bits per heavy atom. The molecule has 4 nitrogen and oxygen atoms in total. The van der Waals surface area contributed by atoms with Crippen LogP contribution in [0.4, 0.5) is 5.69 Å². The second kappa shape index (κ2) is 4.35. The lowest BCUT2D eigenvalue weighted by Crippen LogP contribution is -2.34. The maximum absolute atomic E-state index is 11.8. The third-order valence-corrected chi connectivity index (χ3v) is 2.62. The van der Waals surface area contributed by atoms with Crippen molar-refractivity contribution in [1.82, 2.24) is 0 Å². The Morgan fingerprint density at radius 1 is 1.06 bits per heavy atom. The largest absolute Gasteiger partial charge is 0.508 e. The highest BCUT2D eigenvalue weighted by molar-refractivity contribution is 6.15. The quantitative estimate of drug-likeness (QED) is 0.733. The highest BCUT2D eigenvalue weighted by atomic mass is 16.3. The van der Waals surface area contributed by atoms with Gasteiger partial charge in [0.2, 0.25) is 11.8 Å². The summed E-state index contributed by atoms with van der Waals surface area (Å²) < 4.78 is 0. The molecule has 2 rings (SSSR count). The van der Waals surface area contributed by atoms with Crippen molar-refractivity contribution < 1.29 is 14.7 Å². The van der Waals surface area contributed by atoms with Crippen LogP contribution in [0.1, 0.15) is 25.7 Å². The topological polar surface area (TPSA) is 57.6 Å². The normalized spacial score (nSPS) is 17.4. The van der Waals surface area contributed by atoms with E-state index in [1.54, 1.807) is 12.1 Å². The zero-order chi connectivity index (χ0) is 11.5. The number of carbonyl (C=O) groups is 2. The Morgan fingerprint density at radius 3 is 2.25 bits per heavy atom. The van der Waals surface area contributed by atoms with E-state index in [4.69, 9.17) is 0 Å². The SMILES string of the molecule is O=C1CCCCC(=O)N1c1cccc(O)c1. The van der Waals surface area contributed by atoms with Crippen molar-refractivity contribution in [3.63, 3.8) is 0 Å². The van der Waals surface area contributed by atoms with Crippen molar-refractivity contribution in [2.75, 3.05) is 4.90 Å². The maximum Gasteiger partial charge on any atom is 0.233 e. The first kappa shape index (κ1) is 10.7. The van der Waals surface area contributed by atoms with Crippen molar-refractivity contribution in [1.29, 1.82) is 0 Å². The van der Waals surface area contributed by atoms with Gasteiger partial charge in [0.25, 0.3) is 0 Å². The van der Waals surface area contributed by atoms with Crippen LogP contribution in [-0.4, -0.2) is 16.9 Å². The molecule has 1 fully saturated rings. The summed E-state index contributed by atoms with van der Waals surface area (Å²) in [7, 11) is 0. The molecule has 1 N–H and O–H groups in total. The van der Waals surface area contributed by atoms with Crippen molar-refractivity contribution in [3.05, 3.63) is 24.3 Å². The van der Waals surface area contributed by atoms with Gasteiger partial charge in [-0.05, 0) is 25.0 Å². The monoisotopic (exact) mass is 219 g/mol. The van der Waals surface area contributed by atoms with Gasteiger partial charge in [0.15, 0.2) is 0 Å². The first-order valence-electron chi connectivity index (χ1n) is 5.33. The van der Waals surface area contributed by atoms with Crippen molar-refractivity contribution in [2.24, 2.45) is 0 Å². The van der Waals surface area contributed by atoms with E-state index in [1.807, 2.05) is 0 Å². The molecular weight excluding hydrogens is 206 g/mol. The molecule has 16 heavy (non-hydrogen) atoms. The Bertz CT molecular complexity index is 410. The van der Waals surface area contributed by atoms with E-state index in [-0.39, 0.29) is 17.6 Å². The predicted molar refractivity (Wildman–Crippen MR) is 59.1 cm³/mol. The summed E-state index contributed by atoms with van der Waals surface area (Å²) >= 11 is 0. The van der Waals surface area contributed by atoms with Crippen LogP contribution in [0.5, 0.6) is 5.75 Å². The van der Waals surface area contributed by atoms with E-state index in [0.29, 0.717) is 18.5 Å². The van der Waals surface area contributed by atoms with E-state index in [1.165, 1.54) is 17.0 Å². The number of phenolic OH excluding ortho intramolecular Hbond substituents is 1. The summed E-state index contributed by atoms with van der Waals surface area (Å²) in [5, 5.41) is 9.34. The number of hydrogen-bond acceptors (Lipinski definition) is 3. The standard InChI is InChI=1S/C12H13NO3/c14-10-5-3-4-9(8-10)13-11(15)6-1-2-7-12(13)16/h3-5,8,14H,1-2,6-7H2. The van der Waals surface area contributed by atoms with E-state index in [9.17, 15) is 14.7 Å². The van der Waals surface area contributed by atoms with Gasteiger partial charge in [-0.2, -0.15) is 0 Å². The zero-order valence-electron chi connectivity index (χ0n) is 8.85. The van der Waals surface area contributed by atoms with Gasteiger partial charge in [-0.25, -0.2) is 0 Å². The fourth-order valence-electron chi connectivity index (χ4n) is 1.84. The number of anilines is 1. The average Bonchev–Trinajstić information content (AvgIpc) is 2.40.